The van der Waals surface area contributed by atoms with Crippen molar-refractivity contribution in [3.63, 3.8) is 0 Å². The summed E-state index contributed by atoms with van der Waals surface area (Å²) in [6.45, 7) is 0. The van der Waals surface area contributed by atoms with Crippen molar-refractivity contribution >= 4 is 0 Å². The fraction of sp³-hybridized carbons (Fsp3) is 0.0769. The maximum absolute atomic E-state index is 2.99. The van der Waals surface area contributed by atoms with E-state index in [1.165, 1.54) is 0 Å². The Morgan fingerprint density at radius 3 is 1.14 bits per heavy atom. The van der Waals surface area contributed by atoms with E-state index in [1.807, 2.05) is 12.2 Å². The first-order valence-electron chi connectivity index (χ1n) is 1.72. The summed E-state index contributed by atoms with van der Waals surface area (Å²) in [5.41, 5.74) is 0. The largest absolute Gasteiger partial charge is 0.358 e. The van der Waals surface area contributed by atoms with Crippen molar-refractivity contribution in [3.05, 3.63) is 83.7 Å². The molecule has 0 fully saturated rings. The first-order valence-corrected chi connectivity index (χ1v) is 1.72. The summed E-state index contributed by atoms with van der Waals surface area (Å²) in [7, 11) is 0. The molecule has 0 bridgehead atoms. The molecule has 0 nitrogen and oxygen atoms in total. The van der Waals surface area contributed by atoms with E-state index >= 15 is 0 Å². The summed E-state index contributed by atoms with van der Waals surface area (Å²) in [5.74, 6) is 0. The van der Waals surface area contributed by atoms with Gasteiger partial charge in [0.15, 0.2) is 0 Å². The molecule has 0 unspecified atom stereocenters. The minimum absolute atomic E-state index is 0. The molecule has 0 aromatic heterocycles. The Hall–Kier alpha value is 0.363. The molecule has 0 saturated carbocycles. The van der Waals surface area contributed by atoms with Crippen molar-refractivity contribution in [3.8, 4) is 0 Å². The molecular weight excluding hydrogens is 247 g/mol. The standard InChI is InChI=1S/C5H5.8CH3.Zr/c1-2-4-5-3-1;;;;;;;;;/h1-3H,4H2;8*1H3;/q9*-1;. The van der Waals surface area contributed by atoms with Crippen LogP contribution in [0.1, 0.15) is 6.42 Å². The summed E-state index contributed by atoms with van der Waals surface area (Å²) in [5, 5.41) is 0. The van der Waals surface area contributed by atoms with E-state index in [2.05, 4.69) is 12.2 Å². The van der Waals surface area contributed by atoms with Gasteiger partial charge < -0.3 is 59.4 Å². The molecule has 0 radical (unpaired) electrons. The van der Waals surface area contributed by atoms with Gasteiger partial charge in [-0.25, -0.2) is 12.2 Å². The Balaban J connectivity index is -0.00000000397. The molecule has 0 aliphatic heterocycles. The Morgan fingerprint density at radius 1 is 0.714 bits per heavy atom. The van der Waals surface area contributed by atoms with E-state index in [9.17, 15) is 0 Å². The smallest absolute Gasteiger partial charge is 0 e. The summed E-state index contributed by atoms with van der Waals surface area (Å²) in [6.07, 6.45) is 10.0. The zero-order chi connectivity index (χ0) is 3.54. The fourth-order valence-electron chi connectivity index (χ4n) is 0.340. The fourth-order valence-corrected chi connectivity index (χ4v) is 0.340. The molecule has 1 rings (SSSR count). The van der Waals surface area contributed by atoms with Crippen LogP contribution in [0.25, 0.3) is 0 Å². The molecule has 0 N–H and O–H groups in total. The van der Waals surface area contributed by atoms with E-state index in [1.54, 1.807) is 0 Å². The van der Waals surface area contributed by atoms with Gasteiger partial charge in [-0.05, 0) is 0 Å². The summed E-state index contributed by atoms with van der Waals surface area (Å²) in [4.78, 5) is 0. The number of hydrogen-bond donors (Lipinski definition) is 0. The van der Waals surface area contributed by atoms with Crippen molar-refractivity contribution in [2.45, 2.75) is 6.42 Å². The van der Waals surface area contributed by atoms with E-state index in [4.69, 9.17) is 0 Å². The second-order valence-electron chi connectivity index (χ2n) is 1.00. The molecule has 0 saturated heterocycles. The molecule has 0 aromatic carbocycles. The summed E-state index contributed by atoms with van der Waals surface area (Å²) in [6, 6.07) is 0. The Labute approximate surface area is 116 Å². The molecule has 0 amide bonds. The zero-order valence-electron chi connectivity index (χ0n) is 11.4. The number of rotatable bonds is 0. The second-order valence-corrected chi connectivity index (χ2v) is 1.00. The Morgan fingerprint density at radius 2 is 1.07 bits per heavy atom. The first kappa shape index (κ1) is 89.2. The minimum atomic E-state index is 0. The van der Waals surface area contributed by atoms with Gasteiger partial charge in [-0.1, -0.05) is 0 Å². The normalized spacial score (nSPS) is 6.29. The molecular formula is C13H29Zr-9. The van der Waals surface area contributed by atoms with Crippen LogP contribution in [-0.2, 0) is 26.2 Å². The van der Waals surface area contributed by atoms with Crippen molar-refractivity contribution in [2.75, 3.05) is 0 Å². The second kappa shape index (κ2) is 71.0. The molecule has 0 atom stereocenters. The Bertz CT molecular complexity index is 63.3. The van der Waals surface area contributed by atoms with Crippen LogP contribution in [0.4, 0.5) is 0 Å². The van der Waals surface area contributed by atoms with Crippen LogP contribution < -0.4 is 0 Å². The summed E-state index contributed by atoms with van der Waals surface area (Å²) < 4.78 is 0. The van der Waals surface area contributed by atoms with Crippen LogP contribution in [0.5, 0.6) is 0 Å². The average molecular weight is 277 g/mol. The third kappa shape index (κ3) is 55.5. The van der Waals surface area contributed by atoms with E-state index < -0.39 is 0 Å². The van der Waals surface area contributed by atoms with Crippen LogP contribution in [0, 0.1) is 65.5 Å². The van der Waals surface area contributed by atoms with Gasteiger partial charge in [-0.15, -0.1) is 6.42 Å². The average Bonchev–Trinajstić information content (AvgIpc) is 1.76. The van der Waals surface area contributed by atoms with Crippen LogP contribution in [0.15, 0.2) is 18.2 Å². The minimum Gasteiger partial charge on any atom is -0.358 e. The maximum atomic E-state index is 2.99. The van der Waals surface area contributed by atoms with E-state index in [-0.39, 0.29) is 85.6 Å². The number of allylic oxidation sites excluding steroid dienone is 4. The molecule has 14 heavy (non-hydrogen) atoms. The third-order valence-corrected chi connectivity index (χ3v) is 0.586. The van der Waals surface area contributed by atoms with Gasteiger partial charge in [0, 0.05) is 26.2 Å². The van der Waals surface area contributed by atoms with Crippen molar-refractivity contribution < 1.29 is 26.2 Å². The van der Waals surface area contributed by atoms with Crippen LogP contribution in [0.3, 0.4) is 0 Å². The monoisotopic (exact) mass is 275 g/mol. The molecule has 94 valence electrons. The quantitative estimate of drug-likeness (QED) is 0.552. The maximum Gasteiger partial charge on any atom is 0 e. The molecule has 1 aliphatic rings. The topological polar surface area (TPSA) is 0 Å². The molecule has 1 heteroatoms. The van der Waals surface area contributed by atoms with E-state index in [0.717, 1.165) is 6.42 Å². The van der Waals surface area contributed by atoms with Gasteiger partial charge in [0.2, 0.25) is 0 Å². The Kier molecular flexibility index (Phi) is 452. The molecule has 0 aromatic rings. The zero-order valence-corrected chi connectivity index (χ0v) is 13.9. The predicted octanol–water partition coefficient (Wildman–Crippen LogP) is 4.91. The van der Waals surface area contributed by atoms with Gasteiger partial charge in [-0.3, -0.25) is 6.08 Å². The van der Waals surface area contributed by atoms with E-state index in [0.29, 0.717) is 0 Å². The van der Waals surface area contributed by atoms with Gasteiger partial charge in [0.1, 0.15) is 0 Å². The van der Waals surface area contributed by atoms with Gasteiger partial charge >= 0.3 is 0 Å². The van der Waals surface area contributed by atoms with Crippen LogP contribution in [-0.4, -0.2) is 0 Å². The van der Waals surface area contributed by atoms with Gasteiger partial charge in [0.25, 0.3) is 0 Å². The van der Waals surface area contributed by atoms with Crippen LogP contribution in [0.2, 0.25) is 0 Å². The van der Waals surface area contributed by atoms with Gasteiger partial charge in [0.05, 0.1) is 0 Å². The predicted molar refractivity (Wildman–Crippen MR) is 72.9 cm³/mol. The van der Waals surface area contributed by atoms with Crippen LogP contribution >= 0.6 is 0 Å². The number of hydrogen-bond acceptors (Lipinski definition) is 0. The summed E-state index contributed by atoms with van der Waals surface area (Å²) >= 11 is 0. The SMILES string of the molecule is [C-]1=CC=CC1.[CH3-].[CH3-].[CH3-].[CH3-].[CH3-].[CH3-].[CH3-].[CH3-].[Zr]. The van der Waals surface area contributed by atoms with Crippen molar-refractivity contribution in [1.29, 1.82) is 0 Å². The molecule has 0 heterocycles. The molecule has 0 spiro atoms. The molecule has 1 aliphatic carbocycles. The van der Waals surface area contributed by atoms with Crippen molar-refractivity contribution in [1.82, 2.24) is 0 Å². The van der Waals surface area contributed by atoms with Crippen molar-refractivity contribution in [2.24, 2.45) is 0 Å². The first-order chi connectivity index (χ1) is 2.50. The third-order valence-electron chi connectivity index (χ3n) is 0.586. The van der Waals surface area contributed by atoms with Gasteiger partial charge in [-0.2, -0.15) is 6.08 Å².